The normalized spacial score (nSPS) is 18.4. The average molecular weight is 495 g/mol. The van der Waals surface area contributed by atoms with Crippen LogP contribution in [-0.2, 0) is 20.6 Å². The molecule has 0 spiro atoms. The number of carboxylic acid groups (broad SMARTS) is 1. The van der Waals surface area contributed by atoms with Gasteiger partial charge in [0.15, 0.2) is 11.2 Å². The summed E-state index contributed by atoms with van der Waals surface area (Å²) in [5, 5.41) is 15.5. The number of benzene rings is 1. The van der Waals surface area contributed by atoms with Gasteiger partial charge in [-0.3, -0.25) is 13.9 Å². The van der Waals surface area contributed by atoms with Gasteiger partial charge in [-0.1, -0.05) is 29.3 Å². The van der Waals surface area contributed by atoms with Crippen LogP contribution in [0.4, 0.5) is 10.7 Å². The first-order chi connectivity index (χ1) is 15.7. The Kier molecular flexibility index (Phi) is 6.40. The van der Waals surface area contributed by atoms with Crippen LogP contribution in [0.3, 0.4) is 0 Å². The molecular weight excluding hydrogens is 471 g/mol. The Balaban J connectivity index is 1.63. The maximum absolute atomic E-state index is 13.3. The quantitative estimate of drug-likeness (QED) is 0.500. The molecule has 12 heteroatoms. The molecule has 1 amide bonds. The predicted molar refractivity (Wildman–Crippen MR) is 127 cm³/mol. The smallest absolute Gasteiger partial charge is 0.404 e. The minimum absolute atomic E-state index is 0.0485. The van der Waals surface area contributed by atoms with Gasteiger partial charge in [-0.25, -0.2) is 9.59 Å². The Hall–Kier alpha value is -2.98. The first-order valence-corrected chi connectivity index (χ1v) is 11.3. The van der Waals surface area contributed by atoms with E-state index in [1.54, 1.807) is 36.9 Å². The number of nitrogens with one attached hydrogen (secondary N) is 2. The minimum atomic E-state index is -1.01. The zero-order valence-electron chi connectivity index (χ0n) is 18.1. The number of carbonyl (C=O) groups is 1. The summed E-state index contributed by atoms with van der Waals surface area (Å²) in [5.41, 5.74) is 0.345. The molecule has 1 aromatic carbocycles. The molecule has 0 saturated heterocycles. The van der Waals surface area contributed by atoms with E-state index in [0.717, 1.165) is 17.4 Å². The summed E-state index contributed by atoms with van der Waals surface area (Å²) in [5.74, 6) is 0.485. The third-order valence-corrected chi connectivity index (χ3v) is 6.81. The second kappa shape index (κ2) is 9.11. The first-order valence-electron chi connectivity index (χ1n) is 10.5. The lowest BCUT2D eigenvalue weighted by Crippen LogP contribution is -2.40. The van der Waals surface area contributed by atoms with Crippen LogP contribution < -0.4 is 21.9 Å². The van der Waals surface area contributed by atoms with Gasteiger partial charge < -0.3 is 20.3 Å². The highest BCUT2D eigenvalue weighted by molar-refractivity contribution is 6.42. The largest absolute Gasteiger partial charge is 0.465 e. The topological polar surface area (TPSA) is 123 Å². The summed E-state index contributed by atoms with van der Waals surface area (Å²) >= 11 is 12.1. The van der Waals surface area contributed by atoms with Crippen molar-refractivity contribution in [2.24, 2.45) is 14.1 Å². The van der Waals surface area contributed by atoms with Crippen LogP contribution in [-0.4, -0.2) is 42.0 Å². The number of anilines is 1. The first kappa shape index (κ1) is 23.2. The molecule has 0 radical (unpaired) electrons. The standard InChI is InChI=1S/C21H24Cl2N6O4/c1-27-16-17(26-19(27)24-12-4-6-13(7-5-12)25-20(31)32)28(2)21(33)29(18(16)30)10-11-3-8-14(22)15(23)9-11/h3,8-9,12-13,25H,4-7,10H2,1-2H3,(H,24,26)(H,31,32)/t12-,13-. The highest BCUT2D eigenvalue weighted by atomic mass is 35.5. The average Bonchev–Trinajstić information content (AvgIpc) is 3.09. The SMILES string of the molecule is Cn1c(N[C@H]2CC[C@H](NC(=O)O)CC2)nc2c1c(=O)n(Cc1ccc(Cl)c(Cl)c1)c(=O)n2C. The monoisotopic (exact) mass is 494 g/mol. The van der Waals surface area contributed by atoms with Crippen LogP contribution in [0.15, 0.2) is 27.8 Å². The predicted octanol–water partition coefficient (Wildman–Crippen LogP) is 2.78. The number of hydrogen-bond donors (Lipinski definition) is 3. The molecule has 1 aliphatic rings. The molecule has 2 aromatic heterocycles. The summed E-state index contributed by atoms with van der Waals surface area (Å²) < 4.78 is 4.16. The molecule has 10 nitrogen and oxygen atoms in total. The summed E-state index contributed by atoms with van der Waals surface area (Å²) in [6, 6.07) is 5.00. The number of imidazole rings is 1. The van der Waals surface area contributed by atoms with Gasteiger partial charge in [0.05, 0.1) is 16.6 Å². The van der Waals surface area contributed by atoms with E-state index < -0.39 is 17.3 Å². The fourth-order valence-corrected chi connectivity index (χ4v) is 4.59. The summed E-state index contributed by atoms with van der Waals surface area (Å²) in [4.78, 5) is 41.6. The highest BCUT2D eigenvalue weighted by Gasteiger charge is 2.25. The van der Waals surface area contributed by atoms with Crippen LogP contribution in [0.1, 0.15) is 31.2 Å². The molecule has 0 bridgehead atoms. The van der Waals surface area contributed by atoms with E-state index in [-0.39, 0.29) is 18.6 Å². The van der Waals surface area contributed by atoms with Gasteiger partial charge >= 0.3 is 11.8 Å². The van der Waals surface area contributed by atoms with Gasteiger partial charge in [0, 0.05) is 26.2 Å². The Morgan fingerprint density at radius 2 is 1.76 bits per heavy atom. The van der Waals surface area contributed by atoms with Gasteiger partial charge in [-0.15, -0.1) is 0 Å². The number of amides is 1. The van der Waals surface area contributed by atoms with Crippen molar-refractivity contribution >= 4 is 46.4 Å². The van der Waals surface area contributed by atoms with E-state index in [4.69, 9.17) is 28.3 Å². The fraction of sp³-hybridized carbons (Fsp3) is 0.429. The van der Waals surface area contributed by atoms with Gasteiger partial charge in [-0.05, 0) is 43.4 Å². The second-order valence-corrected chi connectivity index (χ2v) is 9.10. The molecule has 3 N–H and O–H groups in total. The highest BCUT2D eigenvalue weighted by Crippen LogP contribution is 2.24. The fourth-order valence-electron chi connectivity index (χ4n) is 4.27. The molecule has 0 unspecified atom stereocenters. The lowest BCUT2D eigenvalue weighted by molar-refractivity contribution is 0.185. The Morgan fingerprint density at radius 1 is 1.09 bits per heavy atom. The summed E-state index contributed by atoms with van der Waals surface area (Å²) in [7, 11) is 3.31. The van der Waals surface area contributed by atoms with Crippen LogP contribution in [0.5, 0.6) is 0 Å². The Morgan fingerprint density at radius 3 is 2.39 bits per heavy atom. The van der Waals surface area contributed by atoms with Gasteiger partial charge in [0.2, 0.25) is 5.95 Å². The number of hydrogen-bond acceptors (Lipinski definition) is 5. The van der Waals surface area contributed by atoms with Gasteiger partial charge in [-0.2, -0.15) is 4.98 Å². The van der Waals surface area contributed by atoms with Gasteiger partial charge in [0.25, 0.3) is 5.56 Å². The Bertz CT molecular complexity index is 1340. The van der Waals surface area contributed by atoms with Crippen LogP contribution in [0.25, 0.3) is 11.2 Å². The number of rotatable bonds is 5. The van der Waals surface area contributed by atoms with Crippen molar-refractivity contribution in [2.45, 2.75) is 44.3 Å². The van der Waals surface area contributed by atoms with E-state index in [1.165, 1.54) is 4.57 Å². The van der Waals surface area contributed by atoms with Crippen molar-refractivity contribution in [3.8, 4) is 0 Å². The van der Waals surface area contributed by atoms with E-state index in [0.29, 0.717) is 45.6 Å². The van der Waals surface area contributed by atoms with Crippen molar-refractivity contribution in [2.75, 3.05) is 5.32 Å². The minimum Gasteiger partial charge on any atom is -0.465 e. The molecule has 2 heterocycles. The van der Waals surface area contributed by atoms with Crippen molar-refractivity contribution in [3.63, 3.8) is 0 Å². The molecule has 4 rings (SSSR count). The van der Waals surface area contributed by atoms with Crippen molar-refractivity contribution in [1.82, 2.24) is 24.0 Å². The number of nitrogens with zero attached hydrogens (tertiary/aromatic N) is 4. The third kappa shape index (κ3) is 4.58. The summed E-state index contributed by atoms with van der Waals surface area (Å²) in [6.45, 7) is 0.0485. The summed E-state index contributed by atoms with van der Waals surface area (Å²) in [6.07, 6.45) is 1.93. The molecule has 1 saturated carbocycles. The van der Waals surface area contributed by atoms with Crippen molar-refractivity contribution < 1.29 is 9.90 Å². The van der Waals surface area contributed by atoms with Gasteiger partial charge in [0.1, 0.15) is 0 Å². The van der Waals surface area contributed by atoms with E-state index in [1.807, 2.05) is 0 Å². The molecule has 33 heavy (non-hydrogen) atoms. The lowest BCUT2D eigenvalue weighted by Gasteiger charge is -2.29. The molecular formula is C21H24Cl2N6O4. The third-order valence-electron chi connectivity index (χ3n) is 6.07. The molecule has 0 atom stereocenters. The molecule has 3 aromatic rings. The van der Waals surface area contributed by atoms with E-state index in [9.17, 15) is 14.4 Å². The molecule has 176 valence electrons. The number of aryl methyl sites for hydroxylation is 2. The maximum atomic E-state index is 13.3. The zero-order valence-corrected chi connectivity index (χ0v) is 19.7. The number of aromatic nitrogens is 4. The number of halogens is 2. The van der Waals surface area contributed by atoms with Crippen LogP contribution >= 0.6 is 23.2 Å². The molecule has 0 aliphatic heterocycles. The molecule has 1 fully saturated rings. The van der Waals surface area contributed by atoms with Crippen molar-refractivity contribution in [1.29, 1.82) is 0 Å². The van der Waals surface area contributed by atoms with E-state index in [2.05, 4.69) is 15.6 Å². The number of fused-ring (bicyclic) bond motifs is 1. The van der Waals surface area contributed by atoms with Crippen molar-refractivity contribution in [3.05, 3.63) is 54.6 Å². The second-order valence-electron chi connectivity index (χ2n) is 8.29. The van der Waals surface area contributed by atoms with Crippen LogP contribution in [0.2, 0.25) is 10.0 Å². The maximum Gasteiger partial charge on any atom is 0.404 e. The lowest BCUT2D eigenvalue weighted by atomic mass is 9.91. The molecule has 1 aliphatic carbocycles. The zero-order chi connectivity index (χ0) is 23.9. The Labute approximate surface area is 198 Å². The van der Waals surface area contributed by atoms with Crippen LogP contribution in [0, 0.1) is 0 Å². The van der Waals surface area contributed by atoms with E-state index >= 15 is 0 Å².